The van der Waals surface area contributed by atoms with Gasteiger partial charge in [-0.1, -0.05) is 20.3 Å². The van der Waals surface area contributed by atoms with Gasteiger partial charge in [0, 0.05) is 12.5 Å². The highest BCUT2D eigenvalue weighted by molar-refractivity contribution is 4.89. The molecule has 0 aromatic rings. The summed E-state index contributed by atoms with van der Waals surface area (Å²) in [4.78, 5) is 0. The molecule has 0 bridgehead atoms. The van der Waals surface area contributed by atoms with Crippen molar-refractivity contribution in [3.63, 3.8) is 0 Å². The van der Waals surface area contributed by atoms with E-state index in [0.29, 0.717) is 17.9 Å². The van der Waals surface area contributed by atoms with Gasteiger partial charge in [-0.25, -0.2) is 0 Å². The number of unbranched alkanes of at least 4 members (excludes halogenated alkanes) is 2. The van der Waals surface area contributed by atoms with Gasteiger partial charge in [0.25, 0.3) is 0 Å². The summed E-state index contributed by atoms with van der Waals surface area (Å²) in [5.41, 5.74) is 0.481. The smallest absolute Gasteiger partial charge is 0.0621 e. The molecule has 1 N–H and O–H groups in total. The summed E-state index contributed by atoms with van der Waals surface area (Å²) < 4.78 is 0. The molecular weight excluding hydrogens is 172 g/mol. The molecule has 0 radical (unpaired) electrons. The zero-order valence-corrected chi connectivity index (χ0v) is 9.47. The summed E-state index contributed by atoms with van der Waals surface area (Å²) in [6.07, 6.45) is 6.92. The molecule has 1 aliphatic carbocycles. The topological polar surface area (TPSA) is 35.8 Å². The molecule has 2 heteroatoms. The lowest BCUT2D eigenvalue weighted by Gasteiger charge is -2.27. The second-order valence-corrected chi connectivity index (χ2v) is 5.00. The van der Waals surface area contributed by atoms with Gasteiger partial charge in [-0.3, -0.25) is 0 Å². The Morgan fingerprint density at radius 1 is 1.43 bits per heavy atom. The van der Waals surface area contributed by atoms with Crippen molar-refractivity contribution >= 4 is 0 Å². The first-order valence-corrected chi connectivity index (χ1v) is 5.77. The van der Waals surface area contributed by atoms with Crippen LogP contribution in [0.4, 0.5) is 0 Å². The number of nitrogens with zero attached hydrogens (tertiary/aromatic N) is 1. The minimum absolute atomic E-state index is 0.481. The van der Waals surface area contributed by atoms with E-state index in [4.69, 9.17) is 5.26 Å². The molecule has 2 nitrogen and oxygen atoms in total. The summed E-state index contributed by atoms with van der Waals surface area (Å²) in [7, 11) is 0. The Morgan fingerprint density at radius 2 is 2.21 bits per heavy atom. The lowest BCUT2D eigenvalue weighted by atomic mass is 9.87. The first-order valence-electron chi connectivity index (χ1n) is 5.77. The highest BCUT2D eigenvalue weighted by Crippen LogP contribution is 2.36. The fraction of sp³-hybridized carbons (Fsp3) is 0.917. The molecule has 14 heavy (non-hydrogen) atoms. The number of rotatable bonds is 5. The van der Waals surface area contributed by atoms with Crippen LogP contribution in [0.2, 0.25) is 0 Å². The van der Waals surface area contributed by atoms with Gasteiger partial charge in [0.15, 0.2) is 0 Å². The van der Waals surface area contributed by atoms with Crippen LogP contribution < -0.4 is 5.32 Å². The molecule has 80 valence electrons. The average Bonchev–Trinajstić information content (AvgIpc) is 2.45. The zero-order valence-electron chi connectivity index (χ0n) is 9.47. The molecule has 1 aliphatic rings. The normalized spacial score (nSPS) is 24.8. The van der Waals surface area contributed by atoms with Crippen LogP contribution in [-0.4, -0.2) is 12.6 Å². The predicted octanol–water partition coefficient (Wildman–Crippen LogP) is 2.85. The van der Waals surface area contributed by atoms with Gasteiger partial charge in [-0.2, -0.15) is 5.26 Å². The van der Waals surface area contributed by atoms with Crippen LogP contribution in [0.3, 0.4) is 0 Å². The largest absolute Gasteiger partial charge is 0.313 e. The molecule has 1 atom stereocenters. The molecular formula is C12H22N2. The molecule has 0 aromatic heterocycles. The van der Waals surface area contributed by atoms with Crippen molar-refractivity contribution in [3.8, 4) is 6.07 Å². The van der Waals surface area contributed by atoms with Crippen molar-refractivity contribution in [1.29, 1.82) is 5.26 Å². The Kier molecular flexibility index (Phi) is 4.41. The summed E-state index contributed by atoms with van der Waals surface area (Å²) in [5, 5.41) is 12.0. The molecule has 0 amide bonds. The molecule has 0 aromatic carbocycles. The molecule has 1 fully saturated rings. The zero-order chi connectivity index (χ0) is 10.4. The van der Waals surface area contributed by atoms with Gasteiger partial charge < -0.3 is 5.32 Å². The second-order valence-electron chi connectivity index (χ2n) is 5.00. The minimum atomic E-state index is 0.481. The summed E-state index contributed by atoms with van der Waals surface area (Å²) >= 11 is 0. The Balaban J connectivity index is 2.10. The van der Waals surface area contributed by atoms with Gasteiger partial charge in [0.05, 0.1) is 6.07 Å². The highest BCUT2D eigenvalue weighted by Gasteiger charge is 2.33. The third-order valence-corrected chi connectivity index (χ3v) is 3.36. The Morgan fingerprint density at radius 3 is 2.79 bits per heavy atom. The molecule has 0 spiro atoms. The van der Waals surface area contributed by atoms with Gasteiger partial charge in [-0.15, -0.1) is 0 Å². The van der Waals surface area contributed by atoms with E-state index >= 15 is 0 Å². The second kappa shape index (κ2) is 5.36. The van der Waals surface area contributed by atoms with Crippen LogP contribution in [0.1, 0.15) is 52.4 Å². The van der Waals surface area contributed by atoms with Crippen LogP contribution in [0.25, 0.3) is 0 Å². The van der Waals surface area contributed by atoms with Crippen LogP contribution in [0.5, 0.6) is 0 Å². The van der Waals surface area contributed by atoms with E-state index in [0.717, 1.165) is 19.4 Å². The minimum Gasteiger partial charge on any atom is -0.313 e. The van der Waals surface area contributed by atoms with Gasteiger partial charge >= 0.3 is 0 Å². The standard InChI is InChI=1S/C12H22N2/c1-12(2)8-6-7-11(12)14-10-5-3-4-9-13/h11,14H,3-8,10H2,1-2H3. The lowest BCUT2D eigenvalue weighted by molar-refractivity contribution is 0.283. The molecule has 1 rings (SSSR count). The number of hydrogen-bond donors (Lipinski definition) is 1. The highest BCUT2D eigenvalue weighted by atomic mass is 14.9. The van der Waals surface area contributed by atoms with E-state index in [2.05, 4.69) is 25.2 Å². The Labute approximate surface area is 87.7 Å². The van der Waals surface area contributed by atoms with E-state index < -0.39 is 0 Å². The Hall–Kier alpha value is -0.550. The summed E-state index contributed by atoms with van der Waals surface area (Å²) in [6, 6.07) is 2.88. The van der Waals surface area contributed by atoms with Crippen molar-refractivity contribution in [2.24, 2.45) is 5.41 Å². The maximum absolute atomic E-state index is 8.39. The van der Waals surface area contributed by atoms with Crippen molar-refractivity contribution < 1.29 is 0 Å². The van der Waals surface area contributed by atoms with E-state index in [9.17, 15) is 0 Å². The number of nitriles is 1. The third kappa shape index (κ3) is 3.31. The van der Waals surface area contributed by atoms with Crippen LogP contribution >= 0.6 is 0 Å². The molecule has 1 unspecified atom stereocenters. The van der Waals surface area contributed by atoms with Crippen molar-refractivity contribution in [3.05, 3.63) is 0 Å². The third-order valence-electron chi connectivity index (χ3n) is 3.36. The SMILES string of the molecule is CC1(C)CCCC1NCCCCC#N. The van der Waals surface area contributed by atoms with Crippen molar-refractivity contribution in [2.45, 2.75) is 58.4 Å². The monoisotopic (exact) mass is 194 g/mol. The van der Waals surface area contributed by atoms with Crippen LogP contribution in [0, 0.1) is 16.7 Å². The van der Waals surface area contributed by atoms with E-state index in [-0.39, 0.29) is 0 Å². The average molecular weight is 194 g/mol. The predicted molar refractivity (Wildman–Crippen MR) is 58.9 cm³/mol. The molecule has 1 saturated carbocycles. The van der Waals surface area contributed by atoms with Crippen molar-refractivity contribution in [2.75, 3.05) is 6.54 Å². The Bertz CT molecular complexity index is 203. The maximum atomic E-state index is 8.39. The summed E-state index contributed by atoms with van der Waals surface area (Å²) in [6.45, 7) is 5.79. The maximum Gasteiger partial charge on any atom is 0.0621 e. The first kappa shape index (κ1) is 11.5. The first-order chi connectivity index (χ1) is 6.67. The van der Waals surface area contributed by atoms with Crippen LogP contribution in [0.15, 0.2) is 0 Å². The lowest BCUT2D eigenvalue weighted by Crippen LogP contribution is -2.38. The van der Waals surface area contributed by atoms with Crippen LogP contribution in [-0.2, 0) is 0 Å². The van der Waals surface area contributed by atoms with E-state index in [1.54, 1.807) is 0 Å². The molecule has 0 saturated heterocycles. The summed E-state index contributed by atoms with van der Waals surface area (Å²) in [5.74, 6) is 0. The van der Waals surface area contributed by atoms with E-state index in [1.165, 1.54) is 19.3 Å². The quantitative estimate of drug-likeness (QED) is 0.683. The molecule has 0 aliphatic heterocycles. The molecule has 0 heterocycles. The van der Waals surface area contributed by atoms with Crippen molar-refractivity contribution in [1.82, 2.24) is 5.32 Å². The fourth-order valence-electron chi connectivity index (χ4n) is 2.31. The fourth-order valence-corrected chi connectivity index (χ4v) is 2.31. The van der Waals surface area contributed by atoms with Gasteiger partial charge in [0.1, 0.15) is 0 Å². The number of hydrogen-bond acceptors (Lipinski definition) is 2. The van der Waals surface area contributed by atoms with E-state index in [1.807, 2.05) is 0 Å². The van der Waals surface area contributed by atoms with Gasteiger partial charge in [-0.05, 0) is 37.6 Å². The van der Waals surface area contributed by atoms with Gasteiger partial charge in [0.2, 0.25) is 0 Å². The number of nitrogens with one attached hydrogen (secondary N) is 1.